The van der Waals surface area contributed by atoms with Crippen molar-refractivity contribution in [2.24, 2.45) is 0 Å². The van der Waals surface area contributed by atoms with E-state index in [9.17, 15) is 9.18 Å². The summed E-state index contributed by atoms with van der Waals surface area (Å²) in [6, 6.07) is 16.6. The van der Waals surface area contributed by atoms with Crippen LogP contribution in [-0.4, -0.2) is 45.2 Å². The van der Waals surface area contributed by atoms with Crippen molar-refractivity contribution in [3.8, 4) is 11.4 Å². The van der Waals surface area contributed by atoms with E-state index >= 15 is 0 Å². The highest BCUT2D eigenvalue weighted by Crippen LogP contribution is 2.30. The molecule has 0 fully saturated rings. The zero-order valence-corrected chi connectivity index (χ0v) is 17.8. The van der Waals surface area contributed by atoms with Gasteiger partial charge in [-0.15, -0.1) is 10.2 Å². The summed E-state index contributed by atoms with van der Waals surface area (Å²) in [5, 5.41) is 11.7. The fourth-order valence-electron chi connectivity index (χ4n) is 4.09. The number of fused-ring (bicyclic) bond motifs is 1. The van der Waals surface area contributed by atoms with E-state index in [2.05, 4.69) is 39.5 Å². The Morgan fingerprint density at radius 2 is 1.94 bits per heavy atom. The standard InChI is InChI=1S/C24H28FN5O/c1-2-29(17-18-7-4-3-5-8-18)16-14-26-24(31)21-9-6-15-30-22(27-28-23(21)30)19-10-12-20(25)13-11-19/h3-5,7-8,10-13,21H,2,6,9,14-17H2,1H3,(H,26,31). The molecule has 31 heavy (non-hydrogen) atoms. The topological polar surface area (TPSA) is 63.1 Å². The third-order valence-corrected chi connectivity index (χ3v) is 5.81. The van der Waals surface area contributed by atoms with Crippen molar-refractivity contribution < 1.29 is 9.18 Å². The highest BCUT2D eigenvalue weighted by Gasteiger charge is 2.31. The van der Waals surface area contributed by atoms with Crippen LogP contribution >= 0.6 is 0 Å². The number of halogens is 1. The molecule has 4 rings (SSSR count). The summed E-state index contributed by atoms with van der Waals surface area (Å²) in [7, 11) is 0. The lowest BCUT2D eigenvalue weighted by Gasteiger charge is -2.24. The fraction of sp³-hybridized carbons (Fsp3) is 0.375. The largest absolute Gasteiger partial charge is 0.354 e. The van der Waals surface area contributed by atoms with Gasteiger partial charge < -0.3 is 9.88 Å². The number of nitrogens with one attached hydrogen (secondary N) is 1. The van der Waals surface area contributed by atoms with E-state index in [1.165, 1.54) is 17.7 Å². The first-order valence-corrected chi connectivity index (χ1v) is 10.9. The summed E-state index contributed by atoms with van der Waals surface area (Å²) < 4.78 is 15.3. The van der Waals surface area contributed by atoms with E-state index in [-0.39, 0.29) is 17.6 Å². The van der Waals surface area contributed by atoms with Gasteiger partial charge >= 0.3 is 0 Å². The molecule has 1 N–H and O–H groups in total. The molecule has 1 unspecified atom stereocenters. The minimum absolute atomic E-state index is 0.00484. The van der Waals surface area contributed by atoms with Crippen LogP contribution in [-0.2, 0) is 17.9 Å². The van der Waals surface area contributed by atoms with Gasteiger partial charge in [0.15, 0.2) is 5.82 Å². The third-order valence-electron chi connectivity index (χ3n) is 5.81. The molecule has 2 aromatic carbocycles. The second-order valence-corrected chi connectivity index (χ2v) is 7.88. The van der Waals surface area contributed by atoms with E-state index in [4.69, 9.17) is 0 Å². The lowest BCUT2D eigenvalue weighted by Crippen LogP contribution is -2.38. The van der Waals surface area contributed by atoms with E-state index in [0.29, 0.717) is 18.2 Å². The zero-order valence-electron chi connectivity index (χ0n) is 17.8. The Balaban J connectivity index is 1.37. The SMILES string of the molecule is CCN(CCNC(=O)C1CCCn2c(-c3ccc(F)cc3)nnc21)Cc1ccccc1. The van der Waals surface area contributed by atoms with Crippen molar-refractivity contribution in [2.45, 2.75) is 38.8 Å². The summed E-state index contributed by atoms with van der Waals surface area (Å²) >= 11 is 0. The number of hydrogen-bond acceptors (Lipinski definition) is 4. The van der Waals surface area contributed by atoms with Crippen molar-refractivity contribution in [3.05, 3.63) is 71.8 Å². The van der Waals surface area contributed by atoms with Gasteiger partial charge in [-0.05, 0) is 49.2 Å². The summed E-state index contributed by atoms with van der Waals surface area (Å²) in [4.78, 5) is 15.2. The van der Waals surface area contributed by atoms with Crippen LogP contribution in [0.5, 0.6) is 0 Å². The van der Waals surface area contributed by atoms with Crippen LogP contribution in [0.25, 0.3) is 11.4 Å². The molecule has 1 aliphatic heterocycles. The number of carbonyl (C=O) groups is 1. The van der Waals surface area contributed by atoms with Crippen molar-refractivity contribution >= 4 is 5.91 Å². The van der Waals surface area contributed by atoms with Crippen LogP contribution in [0, 0.1) is 5.82 Å². The Bertz CT molecular complexity index is 1000. The molecule has 6 nitrogen and oxygen atoms in total. The average Bonchev–Trinajstić information content (AvgIpc) is 3.24. The molecule has 1 amide bonds. The maximum absolute atomic E-state index is 13.3. The molecule has 0 saturated heterocycles. The van der Waals surface area contributed by atoms with Gasteiger partial charge in [-0.3, -0.25) is 9.69 Å². The van der Waals surface area contributed by atoms with Crippen LogP contribution in [0.1, 0.15) is 37.1 Å². The number of aromatic nitrogens is 3. The van der Waals surface area contributed by atoms with Crippen molar-refractivity contribution in [1.29, 1.82) is 0 Å². The smallest absolute Gasteiger partial charge is 0.230 e. The Hall–Kier alpha value is -3.06. The summed E-state index contributed by atoms with van der Waals surface area (Å²) in [5.74, 6) is 0.787. The number of nitrogens with zero attached hydrogens (tertiary/aromatic N) is 4. The zero-order chi connectivity index (χ0) is 21.6. The molecule has 7 heteroatoms. The molecule has 2 heterocycles. The van der Waals surface area contributed by atoms with Crippen molar-refractivity contribution in [2.75, 3.05) is 19.6 Å². The van der Waals surface area contributed by atoms with Gasteiger partial charge in [0.05, 0.1) is 5.92 Å². The average molecular weight is 422 g/mol. The third kappa shape index (κ3) is 4.99. The number of rotatable bonds is 8. The predicted octanol–water partition coefficient (Wildman–Crippen LogP) is 3.60. The van der Waals surface area contributed by atoms with Crippen molar-refractivity contribution in [1.82, 2.24) is 25.0 Å². The van der Waals surface area contributed by atoms with Crippen LogP contribution in [0.15, 0.2) is 54.6 Å². The number of likely N-dealkylation sites (N-methyl/N-ethyl adjacent to an activating group) is 1. The highest BCUT2D eigenvalue weighted by molar-refractivity contribution is 5.83. The molecule has 0 bridgehead atoms. The monoisotopic (exact) mass is 421 g/mol. The lowest BCUT2D eigenvalue weighted by molar-refractivity contribution is -0.123. The first-order valence-electron chi connectivity index (χ1n) is 10.9. The second kappa shape index (κ2) is 9.83. The van der Waals surface area contributed by atoms with Crippen molar-refractivity contribution in [3.63, 3.8) is 0 Å². The summed E-state index contributed by atoms with van der Waals surface area (Å²) in [6.07, 6.45) is 1.64. The summed E-state index contributed by atoms with van der Waals surface area (Å²) in [5.41, 5.74) is 2.07. The van der Waals surface area contributed by atoms with Crippen LogP contribution in [0.3, 0.4) is 0 Å². The number of amides is 1. The second-order valence-electron chi connectivity index (χ2n) is 7.88. The molecule has 162 valence electrons. The molecular weight excluding hydrogens is 393 g/mol. The molecular formula is C24H28FN5O. The van der Waals surface area contributed by atoms with Gasteiger partial charge in [0.2, 0.25) is 5.91 Å². The van der Waals surface area contributed by atoms with Crippen LogP contribution in [0.2, 0.25) is 0 Å². The normalized spacial score (nSPS) is 15.6. The Kier molecular flexibility index (Phi) is 6.72. The Morgan fingerprint density at radius 1 is 1.16 bits per heavy atom. The molecule has 1 aromatic heterocycles. The van der Waals surface area contributed by atoms with Gasteiger partial charge in [-0.25, -0.2) is 4.39 Å². The number of carbonyl (C=O) groups excluding carboxylic acids is 1. The quantitative estimate of drug-likeness (QED) is 0.604. The Labute approximate surface area is 182 Å². The van der Waals surface area contributed by atoms with Gasteiger partial charge in [0, 0.05) is 31.7 Å². The molecule has 0 saturated carbocycles. The first kappa shape index (κ1) is 21.2. The van der Waals surface area contributed by atoms with Gasteiger partial charge in [-0.2, -0.15) is 0 Å². The minimum atomic E-state index is -0.306. The molecule has 0 radical (unpaired) electrons. The molecule has 0 spiro atoms. The molecule has 0 aliphatic carbocycles. The fourth-order valence-corrected chi connectivity index (χ4v) is 4.09. The van der Waals surface area contributed by atoms with Gasteiger partial charge in [0.1, 0.15) is 11.6 Å². The maximum Gasteiger partial charge on any atom is 0.230 e. The molecule has 1 atom stereocenters. The van der Waals surface area contributed by atoms with Gasteiger partial charge in [0.25, 0.3) is 0 Å². The number of benzene rings is 2. The van der Waals surface area contributed by atoms with Crippen LogP contribution in [0.4, 0.5) is 4.39 Å². The van der Waals surface area contributed by atoms with E-state index < -0.39 is 0 Å². The molecule has 1 aliphatic rings. The van der Waals surface area contributed by atoms with Crippen LogP contribution < -0.4 is 5.32 Å². The predicted molar refractivity (Wildman–Crippen MR) is 118 cm³/mol. The van der Waals surface area contributed by atoms with E-state index in [0.717, 1.165) is 44.6 Å². The minimum Gasteiger partial charge on any atom is -0.354 e. The lowest BCUT2D eigenvalue weighted by atomic mass is 9.97. The van der Waals surface area contributed by atoms with E-state index in [1.54, 1.807) is 12.1 Å². The molecule has 3 aromatic rings. The first-order chi connectivity index (χ1) is 15.2. The summed E-state index contributed by atoms with van der Waals surface area (Å²) in [6.45, 7) is 6.06. The Morgan fingerprint density at radius 3 is 2.68 bits per heavy atom. The van der Waals surface area contributed by atoms with E-state index in [1.807, 2.05) is 22.8 Å². The van der Waals surface area contributed by atoms with Gasteiger partial charge in [-0.1, -0.05) is 37.3 Å². The highest BCUT2D eigenvalue weighted by atomic mass is 19.1. The number of hydrogen-bond donors (Lipinski definition) is 1. The maximum atomic E-state index is 13.3.